The second-order valence-corrected chi connectivity index (χ2v) is 4.47. The van der Waals surface area contributed by atoms with Gasteiger partial charge in [0, 0.05) is 6.54 Å². The van der Waals surface area contributed by atoms with Crippen LogP contribution in [0.5, 0.6) is 5.75 Å². The average Bonchev–Trinajstić information content (AvgIpc) is 2.91. The maximum Gasteiger partial charge on any atom is 0.269 e. The van der Waals surface area contributed by atoms with E-state index in [4.69, 9.17) is 10.5 Å². The number of rotatable bonds is 6. The first-order chi connectivity index (χ1) is 10.6. The van der Waals surface area contributed by atoms with Gasteiger partial charge >= 0.3 is 0 Å². The van der Waals surface area contributed by atoms with Crippen LogP contribution in [0.25, 0.3) is 0 Å². The number of primary amides is 1. The van der Waals surface area contributed by atoms with Gasteiger partial charge in [-0.1, -0.05) is 12.1 Å². The van der Waals surface area contributed by atoms with Crippen molar-refractivity contribution in [1.82, 2.24) is 9.78 Å². The van der Waals surface area contributed by atoms with E-state index in [-0.39, 0.29) is 17.3 Å². The molecule has 0 atom stereocenters. The van der Waals surface area contributed by atoms with Crippen molar-refractivity contribution in [3.63, 3.8) is 0 Å². The van der Waals surface area contributed by atoms with Gasteiger partial charge in [0.15, 0.2) is 0 Å². The second kappa shape index (κ2) is 6.75. The molecule has 7 heteroatoms. The van der Waals surface area contributed by atoms with Gasteiger partial charge in [0.1, 0.15) is 11.4 Å². The molecule has 0 aliphatic rings. The van der Waals surface area contributed by atoms with Crippen molar-refractivity contribution in [1.29, 1.82) is 0 Å². The first kappa shape index (κ1) is 15.6. The number of amides is 2. The lowest BCUT2D eigenvalue weighted by Crippen LogP contribution is -2.21. The summed E-state index contributed by atoms with van der Waals surface area (Å²) in [4.78, 5) is 23.9. The Morgan fingerprint density at radius 3 is 2.68 bits per heavy atom. The van der Waals surface area contributed by atoms with Gasteiger partial charge in [0.05, 0.1) is 24.1 Å². The Bertz CT molecular complexity index is 694. The van der Waals surface area contributed by atoms with Gasteiger partial charge in [-0.2, -0.15) is 5.10 Å². The summed E-state index contributed by atoms with van der Waals surface area (Å²) in [6.07, 6.45) is 1.41. The molecule has 0 fully saturated rings. The number of nitrogens with zero attached hydrogens (tertiary/aromatic N) is 2. The van der Waals surface area contributed by atoms with Crippen LogP contribution in [-0.2, 0) is 6.54 Å². The third-order valence-corrected chi connectivity index (χ3v) is 3.05. The summed E-state index contributed by atoms with van der Waals surface area (Å²) in [5, 5.41) is 6.69. The first-order valence-corrected chi connectivity index (χ1v) is 6.97. The van der Waals surface area contributed by atoms with Crippen molar-refractivity contribution in [2.45, 2.75) is 20.4 Å². The highest BCUT2D eigenvalue weighted by atomic mass is 16.5. The van der Waals surface area contributed by atoms with E-state index >= 15 is 0 Å². The number of hydrogen-bond donors (Lipinski definition) is 2. The molecule has 0 bridgehead atoms. The van der Waals surface area contributed by atoms with Crippen LogP contribution in [0.3, 0.4) is 0 Å². The zero-order chi connectivity index (χ0) is 16.1. The standard InChI is InChI=1S/C15H18N4O3/c1-3-19-13(14(16)20)11(9-17-19)18-15(21)10-7-5-6-8-12(10)22-4-2/h5-9H,3-4H2,1-2H3,(H2,16,20)(H,18,21). The highest BCUT2D eigenvalue weighted by Gasteiger charge is 2.19. The minimum absolute atomic E-state index is 0.171. The van der Waals surface area contributed by atoms with Crippen LogP contribution in [-0.4, -0.2) is 28.2 Å². The summed E-state index contributed by atoms with van der Waals surface area (Å²) < 4.78 is 6.86. The normalized spacial score (nSPS) is 10.3. The molecular formula is C15H18N4O3. The number of carbonyl (C=O) groups is 2. The van der Waals surface area contributed by atoms with E-state index in [1.165, 1.54) is 10.9 Å². The Hall–Kier alpha value is -2.83. The fraction of sp³-hybridized carbons (Fsp3) is 0.267. The number of nitrogens with one attached hydrogen (secondary N) is 1. The highest BCUT2D eigenvalue weighted by Crippen LogP contribution is 2.21. The molecule has 0 radical (unpaired) electrons. The number of para-hydroxylation sites is 1. The van der Waals surface area contributed by atoms with Crippen LogP contribution in [0.4, 0.5) is 5.69 Å². The molecule has 2 rings (SSSR count). The minimum atomic E-state index is -0.646. The van der Waals surface area contributed by atoms with E-state index in [0.29, 0.717) is 24.5 Å². The highest BCUT2D eigenvalue weighted by molar-refractivity contribution is 6.09. The van der Waals surface area contributed by atoms with Crippen LogP contribution in [0.2, 0.25) is 0 Å². The number of aromatic nitrogens is 2. The smallest absolute Gasteiger partial charge is 0.269 e. The van der Waals surface area contributed by atoms with Crippen LogP contribution >= 0.6 is 0 Å². The predicted molar refractivity (Wildman–Crippen MR) is 82.0 cm³/mol. The Balaban J connectivity index is 2.30. The summed E-state index contributed by atoms with van der Waals surface area (Å²) in [6.45, 7) is 4.59. The third-order valence-electron chi connectivity index (χ3n) is 3.05. The van der Waals surface area contributed by atoms with Crippen molar-refractivity contribution >= 4 is 17.5 Å². The Labute approximate surface area is 128 Å². The molecule has 0 aliphatic heterocycles. The van der Waals surface area contributed by atoms with Gasteiger partial charge < -0.3 is 15.8 Å². The van der Waals surface area contributed by atoms with Crippen molar-refractivity contribution in [3.05, 3.63) is 41.7 Å². The number of carbonyl (C=O) groups excluding carboxylic acids is 2. The van der Waals surface area contributed by atoms with Crippen molar-refractivity contribution < 1.29 is 14.3 Å². The molecule has 7 nitrogen and oxygen atoms in total. The van der Waals surface area contributed by atoms with Gasteiger partial charge in [-0.15, -0.1) is 0 Å². The summed E-state index contributed by atoms with van der Waals surface area (Å²) in [5.74, 6) is -0.555. The van der Waals surface area contributed by atoms with Gasteiger partial charge in [-0.05, 0) is 26.0 Å². The number of nitrogens with two attached hydrogens (primary N) is 1. The first-order valence-electron chi connectivity index (χ1n) is 6.97. The third kappa shape index (κ3) is 3.08. The molecule has 2 amide bonds. The summed E-state index contributed by atoms with van der Waals surface area (Å²) >= 11 is 0. The van der Waals surface area contributed by atoms with E-state index in [9.17, 15) is 9.59 Å². The summed E-state index contributed by atoms with van der Waals surface area (Å²) in [6, 6.07) is 6.88. The molecular weight excluding hydrogens is 284 g/mol. The lowest BCUT2D eigenvalue weighted by molar-refractivity contribution is 0.0991. The summed E-state index contributed by atoms with van der Waals surface area (Å²) in [5.41, 5.74) is 6.18. The van der Waals surface area contributed by atoms with Crippen molar-refractivity contribution in [3.8, 4) is 5.75 Å². The lowest BCUT2D eigenvalue weighted by atomic mass is 10.2. The Kier molecular flexibility index (Phi) is 4.77. The Morgan fingerprint density at radius 1 is 1.32 bits per heavy atom. The molecule has 3 N–H and O–H groups in total. The molecule has 1 heterocycles. The maximum atomic E-state index is 12.4. The molecule has 0 aliphatic carbocycles. The quantitative estimate of drug-likeness (QED) is 0.847. The van der Waals surface area contributed by atoms with E-state index in [1.807, 2.05) is 13.8 Å². The lowest BCUT2D eigenvalue weighted by Gasteiger charge is -2.10. The number of ether oxygens (including phenoxy) is 1. The predicted octanol–water partition coefficient (Wildman–Crippen LogP) is 1.65. The molecule has 0 saturated carbocycles. The molecule has 2 aromatic rings. The van der Waals surface area contributed by atoms with Crippen LogP contribution in [0.1, 0.15) is 34.7 Å². The fourth-order valence-corrected chi connectivity index (χ4v) is 2.10. The zero-order valence-electron chi connectivity index (χ0n) is 12.5. The summed E-state index contributed by atoms with van der Waals surface area (Å²) in [7, 11) is 0. The SMILES string of the molecule is CCOc1ccccc1C(=O)Nc1cnn(CC)c1C(N)=O. The molecule has 1 aromatic heterocycles. The van der Waals surface area contributed by atoms with Gasteiger partial charge in [0.25, 0.3) is 11.8 Å². The monoisotopic (exact) mass is 302 g/mol. The molecule has 116 valence electrons. The topological polar surface area (TPSA) is 99.2 Å². The van der Waals surface area contributed by atoms with Crippen molar-refractivity contribution in [2.75, 3.05) is 11.9 Å². The fourth-order valence-electron chi connectivity index (χ4n) is 2.10. The number of hydrogen-bond acceptors (Lipinski definition) is 4. The van der Waals surface area contributed by atoms with Crippen LogP contribution in [0.15, 0.2) is 30.5 Å². The van der Waals surface area contributed by atoms with Gasteiger partial charge in [-0.3, -0.25) is 14.3 Å². The van der Waals surface area contributed by atoms with Gasteiger partial charge in [-0.25, -0.2) is 0 Å². The second-order valence-electron chi connectivity index (χ2n) is 4.47. The molecule has 22 heavy (non-hydrogen) atoms. The molecule has 1 aromatic carbocycles. The number of aryl methyl sites for hydroxylation is 1. The van der Waals surface area contributed by atoms with E-state index in [1.54, 1.807) is 24.3 Å². The van der Waals surface area contributed by atoms with Crippen molar-refractivity contribution in [2.24, 2.45) is 5.73 Å². The number of benzene rings is 1. The largest absolute Gasteiger partial charge is 0.493 e. The molecule has 0 saturated heterocycles. The van der Waals surface area contributed by atoms with E-state index < -0.39 is 5.91 Å². The van der Waals surface area contributed by atoms with E-state index in [0.717, 1.165) is 0 Å². The van der Waals surface area contributed by atoms with Crippen LogP contribution in [0, 0.1) is 0 Å². The average molecular weight is 302 g/mol. The maximum absolute atomic E-state index is 12.4. The Morgan fingerprint density at radius 2 is 2.05 bits per heavy atom. The molecule has 0 spiro atoms. The van der Waals surface area contributed by atoms with E-state index in [2.05, 4.69) is 10.4 Å². The zero-order valence-corrected chi connectivity index (χ0v) is 12.5. The molecule has 0 unspecified atom stereocenters. The van der Waals surface area contributed by atoms with Crippen LogP contribution < -0.4 is 15.8 Å². The minimum Gasteiger partial charge on any atom is -0.493 e. The van der Waals surface area contributed by atoms with Gasteiger partial charge in [0.2, 0.25) is 0 Å². The number of anilines is 1.